The van der Waals surface area contributed by atoms with Crippen molar-refractivity contribution < 1.29 is 9.90 Å². The molecule has 0 unspecified atom stereocenters. The lowest BCUT2D eigenvalue weighted by atomic mass is 10.0. The number of amides is 1. The molecule has 3 N–H and O–H groups in total. The molecule has 0 bridgehead atoms. The van der Waals surface area contributed by atoms with Gasteiger partial charge in [-0.05, 0) is 17.7 Å². The van der Waals surface area contributed by atoms with E-state index < -0.39 is 12.1 Å². The smallest absolute Gasteiger partial charge is 0.243 e. The van der Waals surface area contributed by atoms with Gasteiger partial charge in [0.15, 0.2) is 0 Å². The lowest BCUT2D eigenvalue weighted by molar-refractivity contribution is -0.133. The fourth-order valence-corrected chi connectivity index (χ4v) is 1.99. The minimum absolute atomic E-state index is 0.258. The van der Waals surface area contributed by atoms with Gasteiger partial charge in [0.2, 0.25) is 5.91 Å². The zero-order valence-electron chi connectivity index (χ0n) is 9.66. The van der Waals surface area contributed by atoms with Crippen LogP contribution >= 0.6 is 11.6 Å². The van der Waals surface area contributed by atoms with E-state index in [-0.39, 0.29) is 11.1 Å². The van der Waals surface area contributed by atoms with Gasteiger partial charge in [0.25, 0.3) is 0 Å². The highest BCUT2D eigenvalue weighted by molar-refractivity contribution is 6.29. The summed E-state index contributed by atoms with van der Waals surface area (Å²) >= 11 is 5.73. The molecule has 1 aromatic rings. The Labute approximate surface area is 110 Å². The van der Waals surface area contributed by atoms with E-state index in [2.05, 4.69) is 4.98 Å². The van der Waals surface area contributed by atoms with Gasteiger partial charge < -0.3 is 15.7 Å². The molecule has 0 saturated carbocycles. The summed E-state index contributed by atoms with van der Waals surface area (Å²) in [6.07, 6.45) is 4.16. The van der Waals surface area contributed by atoms with Crippen molar-refractivity contribution in [3.63, 3.8) is 0 Å². The quantitative estimate of drug-likeness (QED) is 0.617. The summed E-state index contributed by atoms with van der Waals surface area (Å²) in [4.78, 5) is 17.4. The van der Waals surface area contributed by atoms with E-state index in [4.69, 9.17) is 17.3 Å². The monoisotopic (exact) mass is 267 g/mol. The van der Waals surface area contributed by atoms with E-state index in [1.807, 2.05) is 12.2 Å². The molecule has 0 fully saturated rings. The van der Waals surface area contributed by atoms with Crippen LogP contribution in [-0.2, 0) is 4.79 Å². The topological polar surface area (TPSA) is 79.5 Å². The third kappa shape index (κ3) is 2.69. The number of aliphatic hydroxyl groups is 1. The van der Waals surface area contributed by atoms with E-state index in [1.165, 1.54) is 12.3 Å². The van der Waals surface area contributed by atoms with Gasteiger partial charge in [0.05, 0.1) is 0 Å². The lowest BCUT2D eigenvalue weighted by Gasteiger charge is -2.24. The summed E-state index contributed by atoms with van der Waals surface area (Å²) < 4.78 is 0. The number of pyridine rings is 1. The second-order valence-corrected chi connectivity index (χ2v) is 4.48. The average molecular weight is 268 g/mol. The van der Waals surface area contributed by atoms with Crippen molar-refractivity contribution in [2.45, 2.75) is 12.1 Å². The zero-order valence-corrected chi connectivity index (χ0v) is 10.4. The van der Waals surface area contributed by atoms with Crippen LogP contribution in [0.2, 0.25) is 5.15 Å². The largest absolute Gasteiger partial charge is 0.386 e. The molecular weight excluding hydrogens is 254 g/mol. The van der Waals surface area contributed by atoms with Crippen LogP contribution in [-0.4, -0.2) is 40.0 Å². The predicted molar refractivity (Wildman–Crippen MR) is 67.9 cm³/mol. The van der Waals surface area contributed by atoms with Crippen molar-refractivity contribution in [3.05, 3.63) is 41.2 Å². The van der Waals surface area contributed by atoms with Crippen LogP contribution in [0, 0.1) is 0 Å². The number of nitrogens with zero attached hydrogens (tertiary/aromatic N) is 2. The molecule has 1 aliphatic heterocycles. The Balaban J connectivity index is 2.08. The van der Waals surface area contributed by atoms with Gasteiger partial charge in [-0.2, -0.15) is 0 Å². The maximum atomic E-state index is 12.0. The highest BCUT2D eigenvalue weighted by Gasteiger charge is 2.28. The molecule has 2 atom stereocenters. The van der Waals surface area contributed by atoms with E-state index >= 15 is 0 Å². The van der Waals surface area contributed by atoms with Gasteiger partial charge in [-0.25, -0.2) is 4.98 Å². The van der Waals surface area contributed by atoms with Crippen molar-refractivity contribution in [1.82, 2.24) is 9.88 Å². The Morgan fingerprint density at radius 1 is 1.50 bits per heavy atom. The number of halogens is 1. The number of aliphatic hydroxyl groups excluding tert-OH is 1. The minimum Gasteiger partial charge on any atom is -0.386 e. The fourth-order valence-electron chi connectivity index (χ4n) is 1.81. The first-order valence-electron chi connectivity index (χ1n) is 5.58. The van der Waals surface area contributed by atoms with Gasteiger partial charge in [0.1, 0.15) is 17.3 Å². The van der Waals surface area contributed by atoms with Gasteiger partial charge in [0, 0.05) is 19.3 Å². The molecule has 0 aliphatic carbocycles. The Bertz CT molecular complexity index is 470. The Morgan fingerprint density at radius 2 is 2.17 bits per heavy atom. The van der Waals surface area contributed by atoms with Gasteiger partial charge in [-0.3, -0.25) is 4.79 Å². The number of rotatable bonds is 3. The predicted octanol–water partition coefficient (Wildman–Crippen LogP) is 0.494. The van der Waals surface area contributed by atoms with Gasteiger partial charge in [-0.1, -0.05) is 23.8 Å². The Hall–Kier alpha value is -1.43. The third-order valence-corrected chi connectivity index (χ3v) is 3.05. The first kappa shape index (κ1) is 13.0. The number of carbonyl (C=O) groups is 1. The van der Waals surface area contributed by atoms with Crippen LogP contribution in [0.1, 0.15) is 11.7 Å². The molecule has 1 aromatic heterocycles. The Morgan fingerprint density at radius 3 is 2.78 bits per heavy atom. The third-order valence-electron chi connectivity index (χ3n) is 2.85. The van der Waals surface area contributed by atoms with E-state index in [1.54, 1.807) is 11.0 Å². The summed E-state index contributed by atoms with van der Waals surface area (Å²) in [5.74, 6) is -0.277. The normalized spacial score (nSPS) is 17.8. The number of hydrogen-bond donors (Lipinski definition) is 2. The SMILES string of the molecule is N[C@@H](C(=O)N1CC=CC1)[C@@H](O)c1ccnc(Cl)c1. The summed E-state index contributed by atoms with van der Waals surface area (Å²) in [5.41, 5.74) is 6.28. The van der Waals surface area contributed by atoms with E-state index in [0.29, 0.717) is 18.7 Å². The van der Waals surface area contributed by atoms with Crippen LogP contribution < -0.4 is 5.73 Å². The molecule has 18 heavy (non-hydrogen) atoms. The number of nitrogens with two attached hydrogens (primary N) is 1. The number of carbonyl (C=O) groups excluding carboxylic acids is 1. The van der Waals surface area contributed by atoms with Crippen molar-refractivity contribution in [1.29, 1.82) is 0 Å². The summed E-state index contributed by atoms with van der Waals surface area (Å²) in [6.45, 7) is 1.08. The standard InChI is InChI=1S/C12H14ClN3O2/c13-9-7-8(3-4-15-9)11(17)10(14)12(18)16-5-1-2-6-16/h1-4,7,10-11,17H,5-6,14H2/t10-,11+/m1/s1. The van der Waals surface area contributed by atoms with Crippen LogP contribution in [0.5, 0.6) is 0 Å². The molecule has 0 radical (unpaired) electrons. The maximum Gasteiger partial charge on any atom is 0.243 e. The summed E-state index contributed by atoms with van der Waals surface area (Å²) in [5, 5.41) is 10.3. The lowest BCUT2D eigenvalue weighted by Crippen LogP contribution is -2.46. The molecule has 2 heterocycles. The van der Waals surface area contributed by atoms with Crippen molar-refractivity contribution >= 4 is 17.5 Å². The highest BCUT2D eigenvalue weighted by Crippen LogP contribution is 2.19. The van der Waals surface area contributed by atoms with Crippen molar-refractivity contribution in [3.8, 4) is 0 Å². The van der Waals surface area contributed by atoms with Crippen molar-refractivity contribution in [2.75, 3.05) is 13.1 Å². The van der Waals surface area contributed by atoms with Crippen molar-refractivity contribution in [2.24, 2.45) is 5.73 Å². The Kier molecular flexibility index (Phi) is 3.96. The van der Waals surface area contributed by atoms with Crippen LogP contribution in [0.15, 0.2) is 30.5 Å². The van der Waals surface area contributed by atoms with Gasteiger partial charge >= 0.3 is 0 Å². The summed E-state index contributed by atoms with van der Waals surface area (Å²) in [7, 11) is 0. The highest BCUT2D eigenvalue weighted by atomic mass is 35.5. The molecule has 0 aromatic carbocycles. The number of aromatic nitrogens is 1. The van der Waals surface area contributed by atoms with Gasteiger partial charge in [-0.15, -0.1) is 0 Å². The molecule has 0 spiro atoms. The fraction of sp³-hybridized carbons (Fsp3) is 0.333. The van der Waals surface area contributed by atoms with Crippen LogP contribution in [0.3, 0.4) is 0 Å². The van der Waals surface area contributed by atoms with Crippen LogP contribution in [0.4, 0.5) is 0 Å². The molecule has 1 amide bonds. The first-order valence-corrected chi connectivity index (χ1v) is 5.96. The number of hydrogen-bond acceptors (Lipinski definition) is 4. The molecule has 6 heteroatoms. The molecule has 2 rings (SSSR count). The van der Waals surface area contributed by atoms with E-state index in [9.17, 15) is 9.90 Å². The second-order valence-electron chi connectivity index (χ2n) is 4.10. The second kappa shape index (κ2) is 5.48. The van der Waals surface area contributed by atoms with Crippen LogP contribution in [0.25, 0.3) is 0 Å². The molecule has 96 valence electrons. The molecule has 1 aliphatic rings. The molecular formula is C12H14ClN3O2. The first-order chi connectivity index (χ1) is 8.59. The average Bonchev–Trinajstić information content (AvgIpc) is 2.90. The molecule has 0 saturated heterocycles. The molecule has 5 nitrogen and oxygen atoms in total. The zero-order chi connectivity index (χ0) is 13.1. The minimum atomic E-state index is -1.08. The summed E-state index contributed by atoms with van der Waals surface area (Å²) in [6, 6.07) is 2.09. The van der Waals surface area contributed by atoms with E-state index in [0.717, 1.165) is 0 Å². The maximum absolute atomic E-state index is 12.0.